The van der Waals surface area contributed by atoms with Gasteiger partial charge in [0.15, 0.2) is 0 Å². The van der Waals surface area contributed by atoms with Gasteiger partial charge in [-0.2, -0.15) is 0 Å². The Labute approximate surface area is 158 Å². The smallest absolute Gasteiger partial charge is 0.128 e. The van der Waals surface area contributed by atoms with Crippen molar-refractivity contribution in [2.75, 3.05) is 7.11 Å². The van der Waals surface area contributed by atoms with Gasteiger partial charge in [-0.15, -0.1) is 0 Å². The molecule has 1 N–H and O–H groups in total. The summed E-state index contributed by atoms with van der Waals surface area (Å²) in [6.07, 6.45) is 1.53. The fraction of sp³-hybridized carbons (Fsp3) is 0.217. The lowest BCUT2D eigenvalue weighted by molar-refractivity contribution is 0.172. The number of hydrogen-bond donors (Lipinski definition) is 1. The second kappa shape index (κ2) is 7.62. The average molecular weight is 362 g/mol. The van der Waals surface area contributed by atoms with Gasteiger partial charge in [-0.3, -0.25) is 0 Å². The lowest BCUT2D eigenvalue weighted by Gasteiger charge is -2.27. The molecule has 0 spiro atoms. The van der Waals surface area contributed by atoms with Crippen LogP contribution < -0.4 is 14.2 Å². The Morgan fingerprint density at radius 2 is 1.81 bits per heavy atom. The van der Waals surface area contributed by atoms with Crippen molar-refractivity contribution in [1.82, 2.24) is 0 Å². The second-order valence-electron chi connectivity index (χ2n) is 6.61. The van der Waals surface area contributed by atoms with Gasteiger partial charge in [0.25, 0.3) is 0 Å². The van der Waals surface area contributed by atoms with Crippen molar-refractivity contribution < 1.29 is 19.3 Å². The van der Waals surface area contributed by atoms with Crippen molar-refractivity contribution in [3.05, 3.63) is 83.4 Å². The minimum atomic E-state index is -0.187. The molecular weight excluding hydrogens is 340 g/mol. The van der Waals surface area contributed by atoms with Gasteiger partial charge in [0.05, 0.1) is 7.11 Å². The lowest BCUT2D eigenvalue weighted by Crippen LogP contribution is -2.15. The molecule has 0 radical (unpaired) electrons. The molecule has 0 amide bonds. The maximum atomic E-state index is 10.5. The van der Waals surface area contributed by atoms with Gasteiger partial charge < -0.3 is 19.3 Å². The molecular formula is C23H22O4. The molecule has 3 aromatic rings. The van der Waals surface area contributed by atoms with Crippen LogP contribution in [0.25, 0.3) is 0 Å². The van der Waals surface area contributed by atoms with Gasteiger partial charge in [-0.1, -0.05) is 36.4 Å². The van der Waals surface area contributed by atoms with Gasteiger partial charge in [0, 0.05) is 17.7 Å². The summed E-state index contributed by atoms with van der Waals surface area (Å²) in [5, 5.41) is 10.5. The molecule has 0 aromatic heterocycles. The van der Waals surface area contributed by atoms with Crippen LogP contribution in [0.3, 0.4) is 0 Å². The van der Waals surface area contributed by atoms with Crippen LogP contribution in [0.1, 0.15) is 29.2 Å². The summed E-state index contributed by atoms with van der Waals surface area (Å²) in [7, 11) is 1.64. The van der Waals surface area contributed by atoms with Gasteiger partial charge in [0.2, 0.25) is 0 Å². The van der Waals surface area contributed by atoms with Crippen LogP contribution in [-0.4, -0.2) is 12.2 Å². The zero-order valence-electron chi connectivity index (χ0n) is 15.2. The highest BCUT2D eigenvalue weighted by Gasteiger charge is 2.24. The summed E-state index contributed by atoms with van der Waals surface area (Å²) in [6, 6.07) is 21.2. The van der Waals surface area contributed by atoms with Gasteiger partial charge >= 0.3 is 0 Å². The summed E-state index contributed by atoms with van der Waals surface area (Å²) in [6.45, 7) is 0.465. The Bertz CT molecular complexity index is 921. The van der Waals surface area contributed by atoms with Crippen LogP contribution in [0.15, 0.2) is 66.7 Å². The van der Waals surface area contributed by atoms with E-state index in [1.54, 1.807) is 13.2 Å². The number of fused-ring (bicyclic) bond motifs is 1. The van der Waals surface area contributed by atoms with E-state index in [0.717, 1.165) is 41.0 Å². The number of aryl methyl sites for hydroxylation is 1. The first-order valence-corrected chi connectivity index (χ1v) is 9.06. The summed E-state index contributed by atoms with van der Waals surface area (Å²) in [5.41, 5.74) is 3.02. The third-order valence-electron chi connectivity index (χ3n) is 4.82. The number of ether oxygens (including phenoxy) is 3. The van der Waals surface area contributed by atoms with E-state index in [4.69, 9.17) is 14.2 Å². The molecule has 27 heavy (non-hydrogen) atoms. The van der Waals surface area contributed by atoms with Gasteiger partial charge in [0.1, 0.15) is 35.7 Å². The van der Waals surface area contributed by atoms with E-state index in [1.165, 1.54) is 0 Å². The van der Waals surface area contributed by atoms with Crippen LogP contribution >= 0.6 is 0 Å². The molecule has 3 aromatic carbocycles. The number of benzene rings is 3. The van der Waals surface area contributed by atoms with Crippen molar-refractivity contribution in [1.29, 1.82) is 0 Å². The molecule has 138 valence electrons. The molecule has 1 heterocycles. The van der Waals surface area contributed by atoms with E-state index in [2.05, 4.69) is 0 Å². The number of aromatic hydroxyl groups is 1. The monoisotopic (exact) mass is 362 g/mol. The number of phenolic OH excluding ortho intramolecular Hbond substituents is 1. The summed E-state index contributed by atoms with van der Waals surface area (Å²) < 4.78 is 17.2. The largest absolute Gasteiger partial charge is 0.507 e. The predicted molar refractivity (Wildman–Crippen MR) is 104 cm³/mol. The fourth-order valence-corrected chi connectivity index (χ4v) is 3.32. The first-order chi connectivity index (χ1) is 13.2. The van der Waals surface area contributed by atoms with Crippen molar-refractivity contribution in [3.8, 4) is 23.0 Å². The summed E-state index contributed by atoms with van der Waals surface area (Å²) in [4.78, 5) is 0. The van der Waals surface area contributed by atoms with E-state index in [-0.39, 0.29) is 11.9 Å². The van der Waals surface area contributed by atoms with Gasteiger partial charge in [-0.25, -0.2) is 0 Å². The van der Waals surface area contributed by atoms with E-state index in [0.29, 0.717) is 12.4 Å². The second-order valence-corrected chi connectivity index (χ2v) is 6.61. The Kier molecular flexibility index (Phi) is 4.88. The molecule has 1 aliphatic rings. The third-order valence-corrected chi connectivity index (χ3v) is 4.82. The Morgan fingerprint density at radius 3 is 2.59 bits per heavy atom. The van der Waals surface area contributed by atoms with Crippen molar-refractivity contribution in [3.63, 3.8) is 0 Å². The standard InChI is InChI=1S/C23H22O4/c1-25-18-9-7-17-8-12-22(27-23(17)14-18)20-11-10-19(13-21(20)24)26-15-16-5-3-2-4-6-16/h2-7,9-11,13-14,22,24H,8,12,15H2,1H3. The first kappa shape index (κ1) is 17.3. The van der Waals surface area contributed by atoms with E-state index in [1.807, 2.05) is 60.7 Å². The van der Waals surface area contributed by atoms with Crippen LogP contribution in [0.5, 0.6) is 23.0 Å². The first-order valence-electron chi connectivity index (χ1n) is 9.06. The fourth-order valence-electron chi connectivity index (χ4n) is 3.32. The molecule has 1 atom stereocenters. The maximum absolute atomic E-state index is 10.5. The minimum Gasteiger partial charge on any atom is -0.507 e. The number of hydrogen-bond acceptors (Lipinski definition) is 4. The predicted octanol–water partition coefficient (Wildman–Crippen LogP) is 5.05. The summed E-state index contributed by atoms with van der Waals surface area (Å²) in [5.74, 6) is 2.41. The maximum Gasteiger partial charge on any atom is 0.128 e. The third kappa shape index (κ3) is 3.85. The molecule has 1 unspecified atom stereocenters. The Hall–Kier alpha value is -3.14. The van der Waals surface area contributed by atoms with Crippen molar-refractivity contribution in [2.24, 2.45) is 0 Å². The zero-order valence-corrected chi connectivity index (χ0v) is 15.2. The van der Waals surface area contributed by atoms with E-state index < -0.39 is 0 Å². The highest BCUT2D eigenvalue weighted by molar-refractivity contribution is 5.45. The van der Waals surface area contributed by atoms with Crippen molar-refractivity contribution >= 4 is 0 Å². The van der Waals surface area contributed by atoms with Crippen molar-refractivity contribution in [2.45, 2.75) is 25.6 Å². The SMILES string of the molecule is COc1ccc2c(c1)OC(c1ccc(OCc3ccccc3)cc1O)CC2. The Balaban J connectivity index is 1.48. The quantitative estimate of drug-likeness (QED) is 0.690. The molecule has 0 bridgehead atoms. The molecule has 0 fully saturated rings. The summed E-state index contributed by atoms with van der Waals surface area (Å²) >= 11 is 0. The molecule has 0 saturated carbocycles. The lowest BCUT2D eigenvalue weighted by atomic mass is 9.96. The number of rotatable bonds is 5. The van der Waals surface area contributed by atoms with Crippen LogP contribution in [0.4, 0.5) is 0 Å². The van der Waals surface area contributed by atoms with E-state index in [9.17, 15) is 5.11 Å². The Morgan fingerprint density at radius 1 is 1.00 bits per heavy atom. The normalized spacial score (nSPS) is 15.5. The minimum absolute atomic E-state index is 0.187. The molecule has 4 rings (SSSR count). The molecule has 4 heteroatoms. The van der Waals surface area contributed by atoms with E-state index >= 15 is 0 Å². The molecule has 0 saturated heterocycles. The highest BCUT2D eigenvalue weighted by atomic mass is 16.5. The van der Waals surface area contributed by atoms with Gasteiger partial charge in [-0.05, 0) is 42.2 Å². The van der Waals surface area contributed by atoms with Crippen LogP contribution in [0, 0.1) is 0 Å². The van der Waals surface area contributed by atoms with Crippen LogP contribution in [0.2, 0.25) is 0 Å². The zero-order chi connectivity index (χ0) is 18.6. The average Bonchev–Trinajstić information content (AvgIpc) is 2.72. The highest BCUT2D eigenvalue weighted by Crippen LogP contribution is 2.40. The number of phenols is 1. The molecule has 1 aliphatic heterocycles. The van der Waals surface area contributed by atoms with Crippen LogP contribution in [-0.2, 0) is 13.0 Å². The molecule has 0 aliphatic carbocycles. The number of methoxy groups -OCH3 is 1. The molecule has 4 nitrogen and oxygen atoms in total. The topological polar surface area (TPSA) is 47.9 Å².